The van der Waals surface area contributed by atoms with E-state index >= 15 is 0 Å². The van der Waals surface area contributed by atoms with Crippen molar-refractivity contribution in [3.8, 4) is 0 Å². The third-order valence-electron chi connectivity index (χ3n) is 5.14. The smallest absolute Gasteiger partial charge is 0.0649 e. The number of fused-ring (bicyclic) bond motifs is 1. The van der Waals surface area contributed by atoms with Crippen LogP contribution in [0.2, 0.25) is 0 Å². The van der Waals surface area contributed by atoms with E-state index in [0.29, 0.717) is 11.5 Å². The monoisotopic (exact) mass is 323 g/mol. The molecule has 0 aromatic carbocycles. The predicted octanol–water partition coefficient (Wildman–Crippen LogP) is 5.87. The van der Waals surface area contributed by atoms with E-state index in [9.17, 15) is 0 Å². The van der Waals surface area contributed by atoms with E-state index in [1.807, 2.05) is 11.3 Å². The van der Waals surface area contributed by atoms with Crippen molar-refractivity contribution < 1.29 is 0 Å². The van der Waals surface area contributed by atoms with E-state index in [1.54, 1.807) is 9.77 Å². The van der Waals surface area contributed by atoms with Gasteiger partial charge in [-0.1, -0.05) is 33.6 Å². The average Bonchev–Trinajstić information content (AvgIpc) is 3.04. The first-order chi connectivity index (χ1) is 10.1. The average molecular weight is 324 g/mol. The fourth-order valence-corrected chi connectivity index (χ4v) is 6.89. The minimum atomic E-state index is 0.582. The van der Waals surface area contributed by atoms with Crippen LogP contribution in [-0.2, 0) is 0 Å². The third kappa shape index (κ3) is 3.68. The van der Waals surface area contributed by atoms with Gasteiger partial charge in [0.05, 0.1) is 4.21 Å². The molecule has 0 radical (unpaired) electrons. The van der Waals surface area contributed by atoms with Crippen LogP contribution >= 0.6 is 23.1 Å². The van der Waals surface area contributed by atoms with Crippen LogP contribution in [0.25, 0.3) is 0 Å². The van der Waals surface area contributed by atoms with Crippen LogP contribution in [0.4, 0.5) is 0 Å². The van der Waals surface area contributed by atoms with Gasteiger partial charge < -0.3 is 5.32 Å². The van der Waals surface area contributed by atoms with Crippen molar-refractivity contribution >= 4 is 23.1 Å². The van der Waals surface area contributed by atoms with Crippen molar-refractivity contribution in [2.24, 2.45) is 11.3 Å². The van der Waals surface area contributed by atoms with Crippen LogP contribution in [0.15, 0.2) is 15.7 Å². The van der Waals surface area contributed by atoms with E-state index in [4.69, 9.17) is 0 Å². The lowest BCUT2D eigenvalue weighted by Gasteiger charge is -2.35. The molecular weight excluding hydrogens is 294 g/mol. The van der Waals surface area contributed by atoms with Gasteiger partial charge in [-0.15, -0.1) is 23.1 Å². The Balaban J connectivity index is 1.67. The first kappa shape index (κ1) is 15.9. The first-order valence-electron chi connectivity index (χ1n) is 8.55. The van der Waals surface area contributed by atoms with Crippen LogP contribution in [0, 0.1) is 11.3 Å². The van der Waals surface area contributed by atoms with Gasteiger partial charge in [0.25, 0.3) is 0 Å². The highest BCUT2D eigenvalue weighted by molar-refractivity contribution is 8.01. The van der Waals surface area contributed by atoms with E-state index in [1.165, 1.54) is 45.1 Å². The molecule has 0 spiro atoms. The highest BCUT2D eigenvalue weighted by atomic mass is 32.2. The van der Waals surface area contributed by atoms with Crippen molar-refractivity contribution in [1.82, 2.24) is 5.32 Å². The predicted molar refractivity (Wildman–Crippen MR) is 95.4 cm³/mol. The third-order valence-corrected chi connectivity index (χ3v) is 7.48. The molecule has 0 amide bonds. The van der Waals surface area contributed by atoms with E-state index in [-0.39, 0.29) is 0 Å². The van der Waals surface area contributed by atoms with Crippen LogP contribution in [0.1, 0.15) is 70.9 Å². The fourth-order valence-electron chi connectivity index (χ4n) is 4.33. The normalized spacial score (nSPS) is 28.0. The Bertz CT molecular complexity index is 460. The summed E-state index contributed by atoms with van der Waals surface area (Å²) in [7, 11) is 0. The van der Waals surface area contributed by atoms with Crippen molar-refractivity contribution in [2.75, 3.05) is 6.54 Å². The highest BCUT2D eigenvalue weighted by Crippen LogP contribution is 2.46. The maximum atomic E-state index is 3.98. The second kappa shape index (κ2) is 6.64. The summed E-state index contributed by atoms with van der Waals surface area (Å²) in [6.07, 6.45) is 8.43. The summed E-state index contributed by atoms with van der Waals surface area (Å²) in [5.74, 6) is 0.822. The van der Waals surface area contributed by atoms with Gasteiger partial charge in [-0.3, -0.25) is 0 Å². The van der Waals surface area contributed by atoms with Gasteiger partial charge in [0, 0.05) is 17.8 Å². The molecular formula is C18H29NS2. The summed E-state index contributed by atoms with van der Waals surface area (Å²) in [5, 5.41) is 6.99. The minimum Gasteiger partial charge on any atom is -0.309 e. The van der Waals surface area contributed by atoms with E-state index in [0.717, 1.165) is 11.2 Å². The Morgan fingerprint density at radius 3 is 2.81 bits per heavy atom. The van der Waals surface area contributed by atoms with Crippen molar-refractivity contribution in [3.63, 3.8) is 0 Å². The van der Waals surface area contributed by atoms with Crippen molar-refractivity contribution in [1.29, 1.82) is 0 Å². The molecule has 1 unspecified atom stereocenters. The lowest BCUT2D eigenvalue weighted by atomic mass is 9.78. The molecule has 118 valence electrons. The molecule has 2 heterocycles. The Morgan fingerprint density at radius 1 is 1.33 bits per heavy atom. The molecule has 1 fully saturated rings. The summed E-state index contributed by atoms with van der Waals surface area (Å²) in [6, 6.07) is 2.94. The van der Waals surface area contributed by atoms with Crippen LogP contribution in [0.3, 0.4) is 0 Å². The Labute approximate surface area is 138 Å². The number of hydrogen-bond acceptors (Lipinski definition) is 3. The standard InChI is InChI=1S/C18H29NS2/c1-13(2)11-18(7-4-5-8-18)12-19-16-10-14(3)21-17-15(16)6-9-20-17/h6,9,13-14,16,19H,4-5,7-8,10-12H2,1-3H3/t14-,16?/m0/s1. The number of thiophene rings is 1. The maximum Gasteiger partial charge on any atom is 0.0649 e. The first-order valence-corrected chi connectivity index (χ1v) is 10.3. The Morgan fingerprint density at radius 2 is 2.10 bits per heavy atom. The minimum absolute atomic E-state index is 0.582. The number of rotatable bonds is 5. The summed E-state index contributed by atoms with van der Waals surface area (Å²) in [6.45, 7) is 8.37. The van der Waals surface area contributed by atoms with E-state index in [2.05, 4.69) is 49.3 Å². The van der Waals surface area contributed by atoms with Crippen LogP contribution < -0.4 is 5.32 Å². The molecule has 0 bridgehead atoms. The van der Waals surface area contributed by atoms with Gasteiger partial charge in [0.2, 0.25) is 0 Å². The summed E-state index contributed by atoms with van der Waals surface area (Å²) < 4.78 is 1.55. The van der Waals surface area contributed by atoms with Gasteiger partial charge in [-0.05, 0) is 54.0 Å². The lowest BCUT2D eigenvalue weighted by molar-refractivity contribution is 0.213. The SMILES string of the molecule is CC(C)CC1(CNC2C[C@H](C)Sc3sccc32)CCCC1. The molecule has 2 aliphatic rings. The van der Waals surface area contributed by atoms with Gasteiger partial charge in [-0.2, -0.15) is 0 Å². The second-order valence-electron chi connectivity index (χ2n) is 7.57. The van der Waals surface area contributed by atoms with Gasteiger partial charge in [0.15, 0.2) is 0 Å². The van der Waals surface area contributed by atoms with Crippen molar-refractivity contribution in [3.05, 3.63) is 17.0 Å². The zero-order valence-electron chi connectivity index (χ0n) is 13.7. The molecule has 3 rings (SSSR count). The van der Waals surface area contributed by atoms with Crippen LogP contribution in [0.5, 0.6) is 0 Å². The molecule has 1 aromatic heterocycles. The second-order valence-corrected chi connectivity index (χ2v) is 10.2. The Hall–Kier alpha value is 0.0100. The zero-order valence-corrected chi connectivity index (χ0v) is 15.3. The van der Waals surface area contributed by atoms with Gasteiger partial charge in [0.1, 0.15) is 0 Å². The summed E-state index contributed by atoms with van der Waals surface area (Å²) >= 11 is 3.99. The zero-order chi connectivity index (χ0) is 14.9. The molecule has 1 N–H and O–H groups in total. The molecule has 1 nitrogen and oxygen atoms in total. The lowest BCUT2D eigenvalue weighted by Crippen LogP contribution is -2.37. The van der Waals surface area contributed by atoms with Gasteiger partial charge in [-0.25, -0.2) is 0 Å². The molecule has 1 aliphatic carbocycles. The fraction of sp³-hybridized carbons (Fsp3) is 0.778. The molecule has 3 heteroatoms. The van der Waals surface area contributed by atoms with Gasteiger partial charge >= 0.3 is 0 Å². The number of thioether (sulfide) groups is 1. The summed E-state index contributed by atoms with van der Waals surface area (Å²) in [4.78, 5) is 0. The molecule has 1 aromatic rings. The van der Waals surface area contributed by atoms with Crippen molar-refractivity contribution in [2.45, 2.75) is 74.8 Å². The Kier molecular flexibility index (Phi) is 5.02. The van der Waals surface area contributed by atoms with E-state index < -0.39 is 0 Å². The quantitative estimate of drug-likeness (QED) is 0.727. The molecule has 0 saturated heterocycles. The molecule has 21 heavy (non-hydrogen) atoms. The summed E-state index contributed by atoms with van der Waals surface area (Å²) in [5.41, 5.74) is 2.15. The highest BCUT2D eigenvalue weighted by Gasteiger charge is 2.35. The number of hydrogen-bond donors (Lipinski definition) is 1. The maximum absolute atomic E-state index is 3.98. The number of nitrogens with one attached hydrogen (secondary N) is 1. The van der Waals surface area contributed by atoms with Crippen LogP contribution in [-0.4, -0.2) is 11.8 Å². The largest absolute Gasteiger partial charge is 0.309 e. The molecule has 1 aliphatic heterocycles. The topological polar surface area (TPSA) is 12.0 Å². The molecule has 1 saturated carbocycles. The molecule has 2 atom stereocenters.